The van der Waals surface area contributed by atoms with Crippen LogP contribution in [0.1, 0.15) is 53.4 Å². The fourth-order valence-electron chi connectivity index (χ4n) is 5.01. The van der Waals surface area contributed by atoms with Crippen LogP contribution in [-0.4, -0.2) is 43.3 Å². The van der Waals surface area contributed by atoms with Crippen LogP contribution >= 0.6 is 0 Å². The van der Waals surface area contributed by atoms with Crippen LogP contribution in [0.15, 0.2) is 112 Å². The third-order valence-electron chi connectivity index (χ3n) is 7.17. The molecule has 8 nitrogen and oxygen atoms in total. The maximum atomic E-state index is 14.6. The summed E-state index contributed by atoms with van der Waals surface area (Å²) in [5.41, 5.74) is 0. The van der Waals surface area contributed by atoms with Crippen molar-refractivity contribution in [1.82, 2.24) is 0 Å². The van der Waals surface area contributed by atoms with Gasteiger partial charge in [0.25, 0.3) is 0 Å². The van der Waals surface area contributed by atoms with Crippen molar-refractivity contribution in [1.29, 1.82) is 0 Å². The van der Waals surface area contributed by atoms with E-state index in [4.69, 9.17) is 18.9 Å². The average Bonchev–Trinajstić information content (AvgIpc) is 3.12. The van der Waals surface area contributed by atoms with Gasteiger partial charge in [-0.2, -0.15) is 0 Å². The lowest BCUT2D eigenvalue weighted by atomic mass is 10.3. The van der Waals surface area contributed by atoms with Crippen molar-refractivity contribution < 1.29 is 35.8 Å². The molecular weight excluding hydrogens is 689 g/mol. The highest BCUT2D eigenvalue weighted by molar-refractivity contribution is 7.87. The van der Waals surface area contributed by atoms with E-state index in [9.17, 15) is 16.8 Å². The summed E-state index contributed by atoms with van der Waals surface area (Å²) < 4.78 is 83.4. The molecule has 0 atom stereocenters. The molecule has 256 valence electrons. The van der Waals surface area contributed by atoms with E-state index in [1.165, 1.54) is 0 Å². The van der Waals surface area contributed by atoms with Crippen LogP contribution in [0, 0.1) is 0 Å². The van der Waals surface area contributed by atoms with Gasteiger partial charge in [0.15, 0.2) is 23.0 Å². The maximum Gasteiger partial charge on any atom is 0.152 e. The highest BCUT2D eigenvalue weighted by Crippen LogP contribution is 2.44. The van der Waals surface area contributed by atoms with Crippen molar-refractivity contribution in [3.8, 4) is 23.0 Å². The van der Waals surface area contributed by atoms with E-state index < -0.39 is 43.2 Å². The molecule has 0 saturated carbocycles. The molecule has 1 aliphatic heterocycles. The molecular formula is C36H40O8S4. The second kappa shape index (κ2) is 16.9. The molecule has 4 aromatic carbocycles. The first-order chi connectivity index (χ1) is 23.4. The van der Waals surface area contributed by atoms with E-state index in [-0.39, 0.29) is 23.0 Å². The van der Waals surface area contributed by atoms with E-state index in [1.54, 1.807) is 72.8 Å². The molecule has 0 N–H and O–H groups in total. The van der Waals surface area contributed by atoms with E-state index >= 15 is 0 Å². The smallest absolute Gasteiger partial charge is 0.152 e. The number of fused-ring (bicyclic) bond motifs is 8. The number of hydrogen-bond acceptors (Lipinski definition) is 8. The summed E-state index contributed by atoms with van der Waals surface area (Å²) in [4.78, 5) is 2.41. The third kappa shape index (κ3) is 7.31. The Kier molecular flexibility index (Phi) is 12.6. The summed E-state index contributed by atoms with van der Waals surface area (Å²) in [6, 6.07) is 20.2. The van der Waals surface area contributed by atoms with Gasteiger partial charge in [-0.3, -0.25) is 0 Å². The molecule has 0 aromatic heterocycles. The normalized spacial score (nSPS) is 18.6. The highest BCUT2D eigenvalue weighted by atomic mass is 32.2. The molecule has 0 spiro atoms. The topological polar surface area (TPSA) is 105 Å². The number of para-hydroxylation sites is 4. The average molecular weight is 729 g/mol. The molecule has 0 aliphatic carbocycles. The van der Waals surface area contributed by atoms with Crippen molar-refractivity contribution in [3.05, 3.63) is 72.8 Å². The lowest BCUT2D eigenvalue weighted by Crippen LogP contribution is -2.12. The van der Waals surface area contributed by atoms with Gasteiger partial charge in [0.1, 0.15) is 0 Å². The zero-order valence-electron chi connectivity index (χ0n) is 27.5. The summed E-state index contributed by atoms with van der Waals surface area (Å²) in [7, 11) is -7.57. The first kappa shape index (κ1) is 36.0. The minimum Gasteiger partial charge on any atom is -0.491 e. The number of rotatable bonds is 12. The lowest BCUT2D eigenvalue weighted by molar-refractivity contribution is 0.298. The molecule has 0 saturated heterocycles. The number of benzene rings is 4. The van der Waals surface area contributed by atoms with Gasteiger partial charge >= 0.3 is 0 Å². The molecule has 0 fully saturated rings. The van der Waals surface area contributed by atoms with Crippen molar-refractivity contribution in [3.63, 3.8) is 0 Å². The molecule has 0 amide bonds. The van der Waals surface area contributed by atoms with E-state index in [1.807, 2.05) is 27.7 Å². The molecule has 1 aliphatic rings. The van der Waals surface area contributed by atoms with Gasteiger partial charge in [-0.05, 0) is 74.2 Å². The minimum absolute atomic E-state index is 0.226. The second-order valence-corrected chi connectivity index (χ2v) is 16.5. The van der Waals surface area contributed by atoms with Crippen LogP contribution in [0.5, 0.6) is 23.0 Å². The Hall–Kier alpha value is -3.32. The van der Waals surface area contributed by atoms with Crippen LogP contribution in [0.3, 0.4) is 0 Å². The third-order valence-corrected chi connectivity index (χ3v) is 12.9. The zero-order valence-corrected chi connectivity index (χ0v) is 30.8. The van der Waals surface area contributed by atoms with Gasteiger partial charge < -0.3 is 18.9 Å². The SMILES string of the molecule is CCCOc1c2cccc1S(=O)c1cccc(c1OCCC)S(=O)c1cccc(c1OCCC)S(=O)c1cccc(c1OCCC)S2=O. The zero-order chi connectivity index (χ0) is 34.2. The van der Waals surface area contributed by atoms with Gasteiger partial charge in [-0.1, -0.05) is 52.0 Å². The summed E-state index contributed by atoms with van der Waals surface area (Å²) in [5, 5.41) is 0. The Labute approximate surface area is 292 Å². The van der Waals surface area contributed by atoms with Crippen molar-refractivity contribution in [2.75, 3.05) is 26.4 Å². The fourth-order valence-corrected chi connectivity index (χ4v) is 10.5. The fraction of sp³-hybridized carbons (Fsp3) is 0.333. The Balaban J connectivity index is 1.90. The predicted molar refractivity (Wildman–Crippen MR) is 188 cm³/mol. The first-order valence-electron chi connectivity index (χ1n) is 16.1. The van der Waals surface area contributed by atoms with Crippen LogP contribution < -0.4 is 18.9 Å². The summed E-state index contributed by atoms with van der Waals surface area (Å²) in [5.74, 6) is 0.906. The monoisotopic (exact) mass is 728 g/mol. The van der Waals surface area contributed by atoms with Crippen molar-refractivity contribution in [2.45, 2.75) is 92.5 Å². The standard InChI is InChI=1S/C36H40O8S4/c1-5-21-41-33-25-13-9-14-26(33)46(38)28-16-11-18-30(35(28)43-23-7-3)48(40)32-20-12-19-31(36(32)44-24-8-4)47(39)29-17-10-15-27(45(25)37)34(29)42-22-6-2/h9-20H,5-8,21-24H2,1-4H3. The number of hydrogen-bond donors (Lipinski definition) is 0. The molecule has 0 radical (unpaired) electrons. The van der Waals surface area contributed by atoms with E-state index in [0.29, 0.717) is 91.3 Å². The summed E-state index contributed by atoms with van der Waals surface area (Å²) in [6.45, 7) is 8.97. The molecule has 8 bridgehead atoms. The van der Waals surface area contributed by atoms with Crippen LogP contribution in [0.25, 0.3) is 0 Å². The van der Waals surface area contributed by atoms with Crippen LogP contribution in [0.4, 0.5) is 0 Å². The minimum atomic E-state index is -1.89. The Morgan fingerprint density at radius 2 is 0.521 bits per heavy atom. The second-order valence-electron chi connectivity index (χ2n) is 10.8. The van der Waals surface area contributed by atoms with E-state index in [2.05, 4.69) is 0 Å². The Morgan fingerprint density at radius 1 is 0.354 bits per heavy atom. The molecule has 5 rings (SSSR count). The largest absolute Gasteiger partial charge is 0.491 e. The predicted octanol–water partition coefficient (Wildman–Crippen LogP) is 7.82. The first-order valence-corrected chi connectivity index (χ1v) is 20.7. The highest BCUT2D eigenvalue weighted by Gasteiger charge is 2.31. The van der Waals surface area contributed by atoms with Crippen molar-refractivity contribution in [2.24, 2.45) is 0 Å². The van der Waals surface area contributed by atoms with Gasteiger partial charge in [-0.15, -0.1) is 0 Å². The lowest BCUT2D eigenvalue weighted by Gasteiger charge is -2.21. The van der Waals surface area contributed by atoms with Gasteiger partial charge in [0, 0.05) is 0 Å². The quantitative estimate of drug-likeness (QED) is 0.128. The maximum absolute atomic E-state index is 14.6. The Morgan fingerprint density at radius 3 is 0.667 bits per heavy atom. The number of ether oxygens (including phenoxy) is 4. The summed E-state index contributed by atoms with van der Waals surface area (Å²) >= 11 is 0. The van der Waals surface area contributed by atoms with Crippen LogP contribution in [0.2, 0.25) is 0 Å². The van der Waals surface area contributed by atoms with Crippen molar-refractivity contribution >= 4 is 43.2 Å². The molecule has 0 unspecified atom stereocenters. The van der Waals surface area contributed by atoms with Gasteiger partial charge in [0.2, 0.25) is 0 Å². The molecule has 1 heterocycles. The Bertz CT molecular complexity index is 1510. The van der Waals surface area contributed by atoms with Crippen LogP contribution in [-0.2, 0) is 43.2 Å². The molecule has 48 heavy (non-hydrogen) atoms. The molecule has 12 heteroatoms. The summed E-state index contributed by atoms with van der Waals surface area (Å²) in [6.07, 6.45) is 2.63. The van der Waals surface area contributed by atoms with Gasteiger partial charge in [0.05, 0.1) is 109 Å². The molecule has 4 aromatic rings. The van der Waals surface area contributed by atoms with E-state index in [0.717, 1.165) is 0 Å². The van der Waals surface area contributed by atoms with Gasteiger partial charge in [-0.25, -0.2) is 16.8 Å².